The van der Waals surface area contributed by atoms with Crippen LogP contribution >= 0.6 is 0 Å². The first-order chi connectivity index (χ1) is 17.1. The van der Waals surface area contributed by atoms with Gasteiger partial charge >= 0.3 is 5.97 Å². The van der Waals surface area contributed by atoms with Crippen LogP contribution in [0.15, 0.2) is 42.5 Å². The Morgan fingerprint density at radius 3 is 2.00 bits per heavy atom. The maximum atomic E-state index is 12.5. The highest BCUT2D eigenvalue weighted by Crippen LogP contribution is 2.46. The van der Waals surface area contributed by atoms with Crippen LogP contribution in [0.2, 0.25) is 0 Å². The molecule has 6 heteroatoms. The minimum atomic E-state index is -1.00. The highest BCUT2D eigenvalue weighted by Gasteiger charge is 2.37. The molecule has 0 aromatic heterocycles. The summed E-state index contributed by atoms with van der Waals surface area (Å²) in [5, 5.41) is 20.7. The molecule has 0 aliphatic heterocycles. The van der Waals surface area contributed by atoms with E-state index in [4.69, 9.17) is 14.9 Å². The number of hydrogen-bond donors (Lipinski definition) is 3. The predicted molar refractivity (Wildman–Crippen MR) is 150 cm³/mol. The van der Waals surface area contributed by atoms with Crippen molar-refractivity contribution in [3.05, 3.63) is 64.7 Å². The number of hydrogen-bond acceptors (Lipinski definition) is 4. The van der Waals surface area contributed by atoms with Crippen LogP contribution in [0.4, 0.5) is 5.69 Å². The van der Waals surface area contributed by atoms with Gasteiger partial charge in [0, 0.05) is 17.9 Å². The molecule has 1 amide bonds. The van der Waals surface area contributed by atoms with Crippen molar-refractivity contribution in [1.29, 1.82) is 0 Å². The molecule has 0 saturated carbocycles. The number of carboxylic acid groups (broad SMARTS) is 1. The number of aromatic carboxylic acids is 1. The lowest BCUT2D eigenvalue weighted by Gasteiger charge is -2.42. The largest absolute Gasteiger partial charge is 0.478 e. The molecule has 0 heterocycles. The molecule has 1 aliphatic carbocycles. The molecule has 3 rings (SSSR count). The molecule has 1 aliphatic rings. The Balaban J connectivity index is 0.000000371. The summed E-state index contributed by atoms with van der Waals surface area (Å²) in [5.74, 6) is -0.573. The quantitative estimate of drug-likeness (QED) is 0.362. The lowest BCUT2D eigenvalue weighted by Crippen LogP contribution is -2.33. The van der Waals surface area contributed by atoms with Crippen molar-refractivity contribution in [3.8, 4) is 0 Å². The molecule has 204 valence electrons. The Morgan fingerprint density at radius 1 is 0.946 bits per heavy atom. The summed E-state index contributed by atoms with van der Waals surface area (Å²) in [5.41, 5.74) is 3.85. The average Bonchev–Trinajstić information content (AvgIpc) is 2.82. The zero-order valence-corrected chi connectivity index (χ0v) is 23.8. The number of carboxylic acids is 1. The van der Waals surface area contributed by atoms with Gasteiger partial charge < -0.3 is 20.3 Å². The van der Waals surface area contributed by atoms with E-state index in [1.807, 2.05) is 19.9 Å². The summed E-state index contributed by atoms with van der Waals surface area (Å²) >= 11 is 0. The predicted octanol–water partition coefficient (Wildman–Crippen LogP) is 6.81. The number of anilines is 1. The van der Waals surface area contributed by atoms with E-state index in [1.165, 1.54) is 35.4 Å². The first kappa shape index (κ1) is 30.5. The molecular formula is C31H45NO5. The fraction of sp³-hybridized carbons (Fsp3) is 0.548. The number of aliphatic hydroxyl groups is 1. The maximum absolute atomic E-state index is 12.5. The summed E-state index contributed by atoms with van der Waals surface area (Å²) in [4.78, 5) is 23.4. The van der Waals surface area contributed by atoms with Gasteiger partial charge in [0.25, 0.3) is 5.91 Å². The number of fused-ring (bicyclic) bond motifs is 1. The minimum Gasteiger partial charge on any atom is -0.478 e. The van der Waals surface area contributed by atoms with Crippen molar-refractivity contribution in [3.63, 3.8) is 0 Å². The van der Waals surface area contributed by atoms with Gasteiger partial charge in [-0.15, -0.1) is 0 Å². The number of nitrogens with one attached hydrogen (secondary N) is 1. The van der Waals surface area contributed by atoms with Gasteiger partial charge in [-0.2, -0.15) is 0 Å². The molecule has 37 heavy (non-hydrogen) atoms. The highest BCUT2D eigenvalue weighted by molar-refractivity contribution is 6.04. The van der Waals surface area contributed by atoms with E-state index in [-0.39, 0.29) is 34.5 Å². The smallest absolute Gasteiger partial charge is 0.335 e. The topological polar surface area (TPSA) is 95.9 Å². The minimum absolute atomic E-state index is 0.0781. The van der Waals surface area contributed by atoms with Crippen molar-refractivity contribution in [2.75, 3.05) is 18.5 Å². The number of carbonyl (C=O) groups is 2. The second-order valence-electron chi connectivity index (χ2n) is 12.3. The van der Waals surface area contributed by atoms with E-state index in [0.717, 1.165) is 31.6 Å². The fourth-order valence-corrected chi connectivity index (χ4v) is 4.25. The van der Waals surface area contributed by atoms with E-state index >= 15 is 0 Å². The standard InChI is InChI=1S/C22H25NO3.C9H20O2/c1-21(2)11-12-22(3,4)18-13-16(9-10-17(18)21)23-19(24)14-5-7-15(8-6-14)20(25)26;1-8(2)5-6-11-9(3,4)7-10/h5-10,13H,11-12H2,1-4H3,(H,23,24)(H,25,26);8,10H,5-7H2,1-4H3. The van der Waals surface area contributed by atoms with Crippen molar-refractivity contribution in [2.24, 2.45) is 5.92 Å². The Morgan fingerprint density at radius 2 is 1.49 bits per heavy atom. The average molecular weight is 512 g/mol. The summed E-state index contributed by atoms with van der Waals surface area (Å²) in [6.07, 6.45) is 3.32. The number of benzene rings is 2. The van der Waals surface area contributed by atoms with Gasteiger partial charge in [-0.25, -0.2) is 4.79 Å². The summed E-state index contributed by atoms with van der Waals surface area (Å²) in [6, 6.07) is 12.1. The number of aliphatic hydroxyl groups excluding tert-OH is 1. The summed E-state index contributed by atoms with van der Waals surface area (Å²) in [7, 11) is 0. The molecular weight excluding hydrogens is 466 g/mol. The van der Waals surface area contributed by atoms with E-state index < -0.39 is 5.97 Å². The zero-order valence-electron chi connectivity index (χ0n) is 23.8. The van der Waals surface area contributed by atoms with Crippen molar-refractivity contribution < 1.29 is 24.5 Å². The number of amides is 1. The van der Waals surface area contributed by atoms with Gasteiger partial charge in [0.05, 0.1) is 17.8 Å². The molecule has 0 fully saturated rings. The number of rotatable bonds is 8. The third-order valence-corrected chi connectivity index (χ3v) is 7.07. The van der Waals surface area contributed by atoms with Crippen LogP contribution in [-0.4, -0.2) is 40.9 Å². The lowest BCUT2D eigenvalue weighted by atomic mass is 9.63. The SMILES string of the molecule is CC(C)CCOC(C)(C)CO.CC1(C)CCC(C)(C)c2cc(NC(=O)c3ccc(C(=O)O)cc3)ccc21. The summed E-state index contributed by atoms with van der Waals surface area (Å²) < 4.78 is 5.44. The molecule has 6 nitrogen and oxygen atoms in total. The highest BCUT2D eigenvalue weighted by atomic mass is 16.5. The van der Waals surface area contributed by atoms with Crippen molar-refractivity contribution in [2.45, 2.75) is 91.1 Å². The van der Waals surface area contributed by atoms with Gasteiger partial charge in [-0.05, 0) is 97.4 Å². The van der Waals surface area contributed by atoms with Gasteiger partial charge in [-0.3, -0.25) is 4.79 Å². The molecule has 2 aromatic rings. The summed E-state index contributed by atoms with van der Waals surface area (Å²) in [6.45, 7) is 18.0. The van der Waals surface area contributed by atoms with Gasteiger partial charge in [0.15, 0.2) is 0 Å². The molecule has 0 unspecified atom stereocenters. The van der Waals surface area contributed by atoms with Crippen LogP contribution < -0.4 is 5.32 Å². The van der Waals surface area contributed by atoms with Crippen LogP contribution in [0.3, 0.4) is 0 Å². The van der Waals surface area contributed by atoms with Crippen LogP contribution in [-0.2, 0) is 15.6 Å². The van der Waals surface area contributed by atoms with Crippen molar-refractivity contribution >= 4 is 17.6 Å². The van der Waals surface area contributed by atoms with Crippen molar-refractivity contribution in [1.82, 2.24) is 0 Å². The van der Waals surface area contributed by atoms with Crippen LogP contribution in [0, 0.1) is 5.92 Å². The fourth-order valence-electron chi connectivity index (χ4n) is 4.25. The van der Waals surface area contributed by atoms with E-state index in [0.29, 0.717) is 11.5 Å². The maximum Gasteiger partial charge on any atom is 0.335 e. The second kappa shape index (κ2) is 12.2. The third-order valence-electron chi connectivity index (χ3n) is 7.07. The third kappa shape index (κ3) is 8.68. The molecule has 0 atom stereocenters. The second-order valence-corrected chi connectivity index (χ2v) is 12.3. The van der Waals surface area contributed by atoms with E-state index in [2.05, 4.69) is 59.0 Å². The van der Waals surface area contributed by atoms with E-state index in [1.54, 1.807) is 0 Å². The van der Waals surface area contributed by atoms with Gasteiger partial charge in [-0.1, -0.05) is 47.6 Å². The molecule has 0 spiro atoms. The molecule has 2 aromatic carbocycles. The first-order valence-electron chi connectivity index (χ1n) is 13.1. The van der Waals surface area contributed by atoms with Crippen LogP contribution in [0.25, 0.3) is 0 Å². The van der Waals surface area contributed by atoms with Gasteiger partial charge in [0.1, 0.15) is 0 Å². The molecule has 0 bridgehead atoms. The van der Waals surface area contributed by atoms with Crippen LogP contribution in [0.5, 0.6) is 0 Å². The molecule has 3 N–H and O–H groups in total. The van der Waals surface area contributed by atoms with Gasteiger partial charge in [0.2, 0.25) is 0 Å². The monoisotopic (exact) mass is 511 g/mol. The van der Waals surface area contributed by atoms with E-state index in [9.17, 15) is 9.59 Å². The lowest BCUT2D eigenvalue weighted by molar-refractivity contribution is -0.0567. The first-order valence-corrected chi connectivity index (χ1v) is 13.1. The zero-order chi connectivity index (χ0) is 28.0. The molecule has 0 radical (unpaired) electrons. The molecule has 0 saturated heterocycles. The Labute approximate surface area is 222 Å². The Kier molecular flexibility index (Phi) is 10.1. The number of carbonyl (C=O) groups excluding carboxylic acids is 1. The Bertz CT molecular complexity index is 1070. The Hall–Kier alpha value is -2.70. The van der Waals surface area contributed by atoms with Crippen LogP contribution in [0.1, 0.15) is 106 Å². The normalized spacial score (nSPS) is 15.8. The number of ether oxygens (including phenoxy) is 1.